The Kier molecular flexibility index (Phi) is 4.84. The molecule has 0 aliphatic carbocycles. The van der Waals surface area contributed by atoms with E-state index in [0.717, 1.165) is 26.1 Å². The smallest absolute Gasteiger partial charge is 0.0552 e. The van der Waals surface area contributed by atoms with E-state index < -0.39 is 0 Å². The molecule has 3 heteroatoms. The van der Waals surface area contributed by atoms with Gasteiger partial charge in [-0.05, 0) is 36.8 Å². The van der Waals surface area contributed by atoms with Crippen molar-refractivity contribution in [2.75, 3.05) is 19.6 Å². The molecule has 1 aliphatic rings. The molecule has 20 heavy (non-hydrogen) atoms. The highest BCUT2D eigenvalue weighted by atomic mass is 16.3. The first-order chi connectivity index (χ1) is 9.40. The standard InChI is InChI=1S/C17H28N2O/c1-13(20)15-9-10-19(11-15)12-17(2,3)16(18)14-7-5-4-6-8-14/h4-8,13,15-16,20H,9-12,18H2,1-3H3. The highest BCUT2D eigenvalue weighted by Crippen LogP contribution is 2.33. The lowest BCUT2D eigenvalue weighted by Crippen LogP contribution is -2.40. The van der Waals surface area contributed by atoms with Crippen molar-refractivity contribution in [3.05, 3.63) is 35.9 Å². The number of rotatable bonds is 5. The van der Waals surface area contributed by atoms with Crippen LogP contribution in [0.4, 0.5) is 0 Å². The molecule has 1 saturated heterocycles. The number of benzene rings is 1. The number of aliphatic hydroxyl groups excluding tert-OH is 1. The van der Waals surface area contributed by atoms with Crippen LogP contribution >= 0.6 is 0 Å². The van der Waals surface area contributed by atoms with Crippen LogP contribution in [0.2, 0.25) is 0 Å². The summed E-state index contributed by atoms with van der Waals surface area (Å²) in [5, 5.41) is 9.70. The fraction of sp³-hybridized carbons (Fsp3) is 0.647. The van der Waals surface area contributed by atoms with Gasteiger partial charge in [-0.3, -0.25) is 0 Å². The van der Waals surface area contributed by atoms with Crippen LogP contribution in [0.3, 0.4) is 0 Å². The number of hydrogen-bond donors (Lipinski definition) is 2. The van der Waals surface area contributed by atoms with E-state index in [1.165, 1.54) is 5.56 Å². The highest BCUT2D eigenvalue weighted by molar-refractivity contribution is 5.20. The molecule has 0 saturated carbocycles. The van der Waals surface area contributed by atoms with E-state index in [2.05, 4.69) is 30.9 Å². The van der Waals surface area contributed by atoms with Crippen LogP contribution in [-0.4, -0.2) is 35.7 Å². The monoisotopic (exact) mass is 276 g/mol. The minimum Gasteiger partial charge on any atom is -0.393 e. The van der Waals surface area contributed by atoms with Crippen LogP contribution < -0.4 is 5.73 Å². The van der Waals surface area contributed by atoms with Gasteiger partial charge in [0.2, 0.25) is 0 Å². The zero-order valence-corrected chi connectivity index (χ0v) is 12.9. The van der Waals surface area contributed by atoms with E-state index in [1.54, 1.807) is 0 Å². The Morgan fingerprint density at radius 3 is 2.55 bits per heavy atom. The summed E-state index contributed by atoms with van der Waals surface area (Å²) in [5.74, 6) is 0.416. The topological polar surface area (TPSA) is 49.5 Å². The van der Waals surface area contributed by atoms with Gasteiger partial charge in [-0.2, -0.15) is 0 Å². The molecule has 0 bridgehead atoms. The minimum absolute atomic E-state index is 0.0228. The summed E-state index contributed by atoms with van der Waals surface area (Å²) in [7, 11) is 0. The van der Waals surface area contributed by atoms with Crippen molar-refractivity contribution in [3.63, 3.8) is 0 Å². The van der Waals surface area contributed by atoms with Crippen LogP contribution in [0, 0.1) is 11.3 Å². The zero-order chi connectivity index (χ0) is 14.8. The summed E-state index contributed by atoms with van der Waals surface area (Å²) in [6.45, 7) is 9.41. The van der Waals surface area contributed by atoms with Gasteiger partial charge in [0.15, 0.2) is 0 Å². The summed E-state index contributed by atoms with van der Waals surface area (Å²) in [4.78, 5) is 2.44. The maximum atomic E-state index is 9.70. The van der Waals surface area contributed by atoms with Crippen molar-refractivity contribution in [2.45, 2.75) is 39.3 Å². The van der Waals surface area contributed by atoms with Crippen LogP contribution in [0.25, 0.3) is 0 Å². The van der Waals surface area contributed by atoms with Gasteiger partial charge in [0.25, 0.3) is 0 Å². The number of hydrogen-bond acceptors (Lipinski definition) is 3. The molecule has 112 valence electrons. The average Bonchev–Trinajstić information content (AvgIpc) is 2.87. The molecule has 2 rings (SSSR count). The maximum absolute atomic E-state index is 9.70. The first-order valence-corrected chi connectivity index (χ1v) is 7.61. The molecule has 1 aliphatic heterocycles. The van der Waals surface area contributed by atoms with Crippen LogP contribution in [-0.2, 0) is 0 Å². The fourth-order valence-corrected chi connectivity index (χ4v) is 3.19. The first-order valence-electron chi connectivity index (χ1n) is 7.61. The van der Waals surface area contributed by atoms with E-state index in [1.807, 2.05) is 25.1 Å². The Hall–Kier alpha value is -0.900. The third-order valence-electron chi connectivity index (χ3n) is 4.62. The molecule has 3 nitrogen and oxygen atoms in total. The van der Waals surface area contributed by atoms with Crippen LogP contribution in [0.5, 0.6) is 0 Å². The lowest BCUT2D eigenvalue weighted by molar-refractivity contribution is 0.117. The van der Waals surface area contributed by atoms with Crippen molar-refractivity contribution < 1.29 is 5.11 Å². The SMILES string of the molecule is CC(O)C1CCN(CC(C)(C)C(N)c2ccccc2)C1. The van der Waals surface area contributed by atoms with E-state index in [4.69, 9.17) is 5.73 Å². The predicted molar refractivity (Wildman–Crippen MR) is 83.4 cm³/mol. The molecule has 3 N–H and O–H groups in total. The molecule has 1 fully saturated rings. The molecule has 1 aromatic rings. The predicted octanol–water partition coefficient (Wildman–Crippen LogP) is 2.42. The van der Waals surface area contributed by atoms with Crippen LogP contribution in [0.1, 0.15) is 38.8 Å². The summed E-state index contributed by atoms with van der Waals surface area (Å²) in [5.41, 5.74) is 7.69. The Balaban J connectivity index is 1.97. The van der Waals surface area contributed by atoms with Gasteiger partial charge in [0.1, 0.15) is 0 Å². The van der Waals surface area contributed by atoms with Crippen molar-refractivity contribution in [1.82, 2.24) is 4.90 Å². The highest BCUT2D eigenvalue weighted by Gasteiger charge is 2.33. The molecule has 3 atom stereocenters. The van der Waals surface area contributed by atoms with Crippen molar-refractivity contribution in [2.24, 2.45) is 17.1 Å². The number of aliphatic hydroxyl groups is 1. The molecule has 0 amide bonds. The quantitative estimate of drug-likeness (QED) is 0.868. The van der Waals surface area contributed by atoms with Crippen molar-refractivity contribution >= 4 is 0 Å². The molecular weight excluding hydrogens is 248 g/mol. The average molecular weight is 276 g/mol. The van der Waals surface area contributed by atoms with E-state index in [0.29, 0.717) is 5.92 Å². The molecule has 1 aromatic carbocycles. The van der Waals surface area contributed by atoms with E-state index in [9.17, 15) is 5.11 Å². The number of nitrogens with zero attached hydrogens (tertiary/aromatic N) is 1. The molecular formula is C17H28N2O. The van der Waals surface area contributed by atoms with Gasteiger partial charge < -0.3 is 15.7 Å². The largest absolute Gasteiger partial charge is 0.393 e. The van der Waals surface area contributed by atoms with Gasteiger partial charge in [-0.1, -0.05) is 44.2 Å². The van der Waals surface area contributed by atoms with Gasteiger partial charge >= 0.3 is 0 Å². The van der Waals surface area contributed by atoms with Gasteiger partial charge in [0.05, 0.1) is 6.10 Å². The van der Waals surface area contributed by atoms with Crippen molar-refractivity contribution in [1.29, 1.82) is 0 Å². The molecule has 0 radical (unpaired) electrons. The third kappa shape index (κ3) is 3.60. The van der Waals surface area contributed by atoms with Gasteiger partial charge in [0, 0.05) is 19.1 Å². The molecule has 0 aromatic heterocycles. The normalized spacial score (nSPS) is 23.8. The lowest BCUT2D eigenvalue weighted by atomic mass is 9.80. The lowest BCUT2D eigenvalue weighted by Gasteiger charge is -2.36. The summed E-state index contributed by atoms with van der Waals surface area (Å²) in [6.07, 6.45) is 0.889. The Bertz CT molecular complexity index is 416. The zero-order valence-electron chi connectivity index (χ0n) is 12.9. The number of likely N-dealkylation sites (tertiary alicyclic amines) is 1. The number of nitrogens with two attached hydrogens (primary N) is 1. The van der Waals surface area contributed by atoms with Crippen molar-refractivity contribution in [3.8, 4) is 0 Å². The Labute approximate surface area is 122 Å². The molecule has 3 unspecified atom stereocenters. The van der Waals surface area contributed by atoms with Crippen LogP contribution in [0.15, 0.2) is 30.3 Å². The third-order valence-corrected chi connectivity index (χ3v) is 4.62. The van der Waals surface area contributed by atoms with E-state index in [-0.39, 0.29) is 17.6 Å². The minimum atomic E-state index is -0.203. The van der Waals surface area contributed by atoms with E-state index >= 15 is 0 Å². The Morgan fingerprint density at radius 2 is 2.00 bits per heavy atom. The van der Waals surface area contributed by atoms with Gasteiger partial charge in [-0.25, -0.2) is 0 Å². The summed E-state index contributed by atoms with van der Waals surface area (Å²) < 4.78 is 0. The second-order valence-corrected chi connectivity index (χ2v) is 6.90. The molecule has 1 heterocycles. The summed E-state index contributed by atoms with van der Waals surface area (Å²) >= 11 is 0. The first kappa shape index (κ1) is 15.5. The second-order valence-electron chi connectivity index (χ2n) is 6.90. The maximum Gasteiger partial charge on any atom is 0.0552 e. The second kappa shape index (κ2) is 6.25. The summed E-state index contributed by atoms with van der Waals surface area (Å²) in [6, 6.07) is 10.4. The molecule has 0 spiro atoms. The van der Waals surface area contributed by atoms with Gasteiger partial charge in [-0.15, -0.1) is 0 Å². The fourth-order valence-electron chi connectivity index (χ4n) is 3.19. The Morgan fingerprint density at radius 1 is 1.35 bits per heavy atom.